The molecule has 110 valence electrons. The first-order valence-electron chi connectivity index (χ1n) is 6.79. The highest BCUT2D eigenvalue weighted by Gasteiger charge is 2.08. The number of carbonyl (C=O) groups excluding carboxylic acids is 1. The van der Waals surface area contributed by atoms with Gasteiger partial charge in [0.05, 0.1) is 17.2 Å². The largest absolute Gasteiger partial charge is 0.490 e. The Hall–Kier alpha value is -3.06. The highest BCUT2D eigenvalue weighted by Crippen LogP contribution is 2.16. The minimum Gasteiger partial charge on any atom is -0.490 e. The van der Waals surface area contributed by atoms with Gasteiger partial charge >= 0.3 is 5.97 Å². The minimum atomic E-state index is -0.454. The number of esters is 1. The van der Waals surface area contributed by atoms with E-state index in [0.717, 1.165) is 0 Å². The molecule has 2 aromatic rings. The van der Waals surface area contributed by atoms with Crippen molar-refractivity contribution in [1.82, 2.24) is 0 Å². The molecule has 4 nitrogen and oxygen atoms in total. The van der Waals surface area contributed by atoms with Crippen LogP contribution in [-0.4, -0.2) is 12.6 Å². The van der Waals surface area contributed by atoms with Crippen molar-refractivity contribution in [1.29, 1.82) is 5.26 Å². The fourth-order valence-electron chi connectivity index (χ4n) is 1.69. The van der Waals surface area contributed by atoms with Crippen molar-refractivity contribution in [3.63, 3.8) is 0 Å². The normalized spacial score (nSPS) is 10.2. The molecular formula is C18H15NO3. The maximum absolute atomic E-state index is 12.0. The fraction of sp³-hybridized carbons (Fsp3) is 0.111. The van der Waals surface area contributed by atoms with Crippen LogP contribution in [0.2, 0.25) is 0 Å². The van der Waals surface area contributed by atoms with Gasteiger partial charge in [0.15, 0.2) is 0 Å². The van der Waals surface area contributed by atoms with Crippen LogP contribution in [0.5, 0.6) is 11.5 Å². The molecule has 0 unspecified atom stereocenters. The molecule has 0 aliphatic heterocycles. The predicted molar refractivity (Wildman–Crippen MR) is 82.9 cm³/mol. The molecule has 0 radical (unpaired) electrons. The molecule has 0 saturated carbocycles. The van der Waals surface area contributed by atoms with E-state index < -0.39 is 5.97 Å². The first-order valence-corrected chi connectivity index (χ1v) is 6.79. The van der Waals surface area contributed by atoms with E-state index in [1.165, 1.54) is 0 Å². The molecule has 0 amide bonds. The third kappa shape index (κ3) is 4.22. The lowest BCUT2D eigenvalue weighted by Gasteiger charge is -2.06. The molecule has 0 aliphatic carbocycles. The van der Waals surface area contributed by atoms with E-state index in [4.69, 9.17) is 14.7 Å². The SMILES string of the molecule is C/C=C/COc1ccc(C(=O)Oc2ccc(C#N)cc2)cc1. The number of hydrogen-bond acceptors (Lipinski definition) is 4. The van der Waals surface area contributed by atoms with Crippen LogP contribution in [0.4, 0.5) is 0 Å². The summed E-state index contributed by atoms with van der Waals surface area (Å²) in [4.78, 5) is 12.0. The van der Waals surface area contributed by atoms with Crippen molar-refractivity contribution in [2.45, 2.75) is 6.92 Å². The number of hydrogen-bond donors (Lipinski definition) is 0. The topological polar surface area (TPSA) is 59.3 Å². The first kappa shape index (κ1) is 15.3. The molecule has 2 aromatic carbocycles. The molecule has 2 rings (SSSR count). The van der Waals surface area contributed by atoms with Gasteiger partial charge in [-0.3, -0.25) is 0 Å². The van der Waals surface area contributed by atoms with E-state index in [0.29, 0.717) is 29.2 Å². The molecule has 0 atom stereocenters. The number of allylic oxidation sites excluding steroid dienone is 1. The zero-order chi connectivity index (χ0) is 15.8. The van der Waals surface area contributed by atoms with E-state index in [1.54, 1.807) is 48.5 Å². The molecule has 0 fully saturated rings. The van der Waals surface area contributed by atoms with Crippen LogP contribution in [0, 0.1) is 11.3 Å². The Labute approximate surface area is 129 Å². The van der Waals surface area contributed by atoms with Gasteiger partial charge < -0.3 is 9.47 Å². The Kier molecular flexibility index (Phi) is 5.33. The lowest BCUT2D eigenvalue weighted by atomic mass is 10.2. The van der Waals surface area contributed by atoms with Crippen molar-refractivity contribution in [3.05, 3.63) is 71.8 Å². The van der Waals surface area contributed by atoms with Crippen LogP contribution in [0.3, 0.4) is 0 Å². The number of benzene rings is 2. The van der Waals surface area contributed by atoms with Gasteiger partial charge in [0, 0.05) is 0 Å². The smallest absolute Gasteiger partial charge is 0.343 e. The van der Waals surface area contributed by atoms with Gasteiger partial charge in [-0.1, -0.05) is 12.2 Å². The van der Waals surface area contributed by atoms with Gasteiger partial charge in [0.2, 0.25) is 0 Å². The summed E-state index contributed by atoms with van der Waals surface area (Å²) in [6.45, 7) is 2.41. The van der Waals surface area contributed by atoms with Gasteiger partial charge in [0.25, 0.3) is 0 Å². The number of nitriles is 1. The van der Waals surface area contributed by atoms with Crippen LogP contribution < -0.4 is 9.47 Å². The third-order valence-electron chi connectivity index (χ3n) is 2.87. The van der Waals surface area contributed by atoms with Gasteiger partial charge in [-0.2, -0.15) is 5.26 Å². The van der Waals surface area contributed by atoms with Gasteiger partial charge in [-0.05, 0) is 55.5 Å². The van der Waals surface area contributed by atoms with Crippen LogP contribution in [0.1, 0.15) is 22.8 Å². The van der Waals surface area contributed by atoms with Crippen molar-refractivity contribution >= 4 is 5.97 Å². The Balaban J connectivity index is 1.98. The highest BCUT2D eigenvalue weighted by molar-refractivity contribution is 5.91. The summed E-state index contributed by atoms with van der Waals surface area (Å²) in [5.74, 6) is 0.634. The molecule has 0 N–H and O–H groups in total. The Morgan fingerprint density at radius 2 is 1.73 bits per heavy atom. The quantitative estimate of drug-likeness (QED) is 0.479. The molecule has 0 saturated heterocycles. The summed E-state index contributed by atoms with van der Waals surface area (Å²) < 4.78 is 10.7. The summed E-state index contributed by atoms with van der Waals surface area (Å²) in [7, 11) is 0. The second kappa shape index (κ2) is 7.65. The lowest BCUT2D eigenvalue weighted by molar-refractivity contribution is 0.0734. The van der Waals surface area contributed by atoms with Crippen LogP contribution >= 0.6 is 0 Å². The summed E-state index contributed by atoms with van der Waals surface area (Å²) in [6, 6.07) is 15.1. The maximum atomic E-state index is 12.0. The van der Waals surface area contributed by atoms with E-state index in [2.05, 4.69) is 0 Å². The summed E-state index contributed by atoms with van der Waals surface area (Å²) in [6.07, 6.45) is 3.80. The Morgan fingerprint density at radius 3 is 2.32 bits per heavy atom. The van der Waals surface area contributed by atoms with E-state index >= 15 is 0 Å². The summed E-state index contributed by atoms with van der Waals surface area (Å²) in [5.41, 5.74) is 0.949. The van der Waals surface area contributed by atoms with Crippen molar-refractivity contribution in [2.24, 2.45) is 0 Å². The third-order valence-corrected chi connectivity index (χ3v) is 2.87. The zero-order valence-corrected chi connectivity index (χ0v) is 12.2. The van der Waals surface area contributed by atoms with E-state index in [9.17, 15) is 4.79 Å². The summed E-state index contributed by atoms with van der Waals surface area (Å²) in [5, 5.41) is 8.72. The van der Waals surface area contributed by atoms with Crippen molar-refractivity contribution in [2.75, 3.05) is 6.61 Å². The molecule has 22 heavy (non-hydrogen) atoms. The fourth-order valence-corrected chi connectivity index (χ4v) is 1.69. The first-order chi connectivity index (χ1) is 10.7. The monoisotopic (exact) mass is 293 g/mol. The minimum absolute atomic E-state index is 0.400. The Morgan fingerprint density at radius 1 is 1.09 bits per heavy atom. The number of ether oxygens (including phenoxy) is 2. The highest BCUT2D eigenvalue weighted by atomic mass is 16.5. The van der Waals surface area contributed by atoms with Crippen molar-refractivity contribution < 1.29 is 14.3 Å². The summed E-state index contributed by atoms with van der Waals surface area (Å²) >= 11 is 0. The van der Waals surface area contributed by atoms with Gasteiger partial charge in [-0.25, -0.2) is 4.79 Å². The Bertz CT molecular complexity index is 695. The van der Waals surface area contributed by atoms with Crippen LogP contribution in [0.15, 0.2) is 60.7 Å². The van der Waals surface area contributed by atoms with Crippen LogP contribution in [0.25, 0.3) is 0 Å². The second-order valence-electron chi connectivity index (χ2n) is 4.43. The van der Waals surface area contributed by atoms with E-state index in [-0.39, 0.29) is 0 Å². The maximum Gasteiger partial charge on any atom is 0.343 e. The number of rotatable bonds is 5. The zero-order valence-electron chi connectivity index (χ0n) is 12.2. The molecular weight excluding hydrogens is 278 g/mol. The predicted octanol–water partition coefficient (Wildman–Crippen LogP) is 3.73. The van der Waals surface area contributed by atoms with Gasteiger partial charge in [-0.15, -0.1) is 0 Å². The molecule has 0 aliphatic rings. The molecule has 4 heteroatoms. The van der Waals surface area contributed by atoms with Crippen LogP contribution in [-0.2, 0) is 0 Å². The molecule has 0 aromatic heterocycles. The second-order valence-corrected chi connectivity index (χ2v) is 4.43. The van der Waals surface area contributed by atoms with E-state index in [1.807, 2.05) is 25.1 Å². The average Bonchev–Trinajstić information content (AvgIpc) is 2.56. The van der Waals surface area contributed by atoms with Crippen molar-refractivity contribution in [3.8, 4) is 17.6 Å². The standard InChI is InChI=1S/C18H15NO3/c1-2-3-12-21-16-10-6-15(7-11-16)18(20)22-17-8-4-14(13-19)5-9-17/h2-11H,12H2,1H3/b3-2+. The molecule has 0 heterocycles. The van der Waals surface area contributed by atoms with Gasteiger partial charge in [0.1, 0.15) is 18.1 Å². The number of carbonyl (C=O) groups is 1. The average molecular weight is 293 g/mol. The molecule has 0 spiro atoms. The lowest BCUT2D eigenvalue weighted by Crippen LogP contribution is -2.08. The number of nitrogens with zero attached hydrogens (tertiary/aromatic N) is 1. The molecule has 0 bridgehead atoms.